The van der Waals surface area contributed by atoms with Crippen LogP contribution in [0.2, 0.25) is 0 Å². The van der Waals surface area contributed by atoms with Crippen molar-refractivity contribution in [2.75, 3.05) is 6.79 Å². The summed E-state index contributed by atoms with van der Waals surface area (Å²) in [6.07, 6.45) is -1.55. The third kappa shape index (κ3) is 5.09. The Balaban J connectivity index is 1.37. The molecule has 198 valence electrons. The van der Waals surface area contributed by atoms with E-state index in [9.17, 15) is 31.2 Å². The molecule has 3 N–H and O–H groups in total. The fraction of sp³-hybridized carbons (Fsp3) is 0.200. The smallest absolute Gasteiger partial charge is 0.416 e. The second-order valence-corrected chi connectivity index (χ2v) is 10.3. The van der Waals surface area contributed by atoms with Gasteiger partial charge in [0.25, 0.3) is 15.9 Å². The van der Waals surface area contributed by atoms with Gasteiger partial charge in [-0.05, 0) is 54.8 Å². The van der Waals surface area contributed by atoms with E-state index in [1.807, 2.05) is 0 Å². The Morgan fingerprint density at radius 3 is 2.66 bits per heavy atom. The number of rotatable bonds is 6. The van der Waals surface area contributed by atoms with Crippen molar-refractivity contribution < 1.29 is 35.9 Å². The normalized spacial score (nSPS) is 15.1. The Morgan fingerprint density at radius 1 is 1.08 bits per heavy atom. The highest BCUT2D eigenvalue weighted by molar-refractivity contribution is 7.89. The van der Waals surface area contributed by atoms with Crippen molar-refractivity contribution in [3.8, 4) is 11.5 Å². The molecule has 0 atom stereocenters. The van der Waals surface area contributed by atoms with Crippen LogP contribution < -0.4 is 24.9 Å². The number of halogens is 3. The minimum atomic E-state index is -4.60. The Labute approximate surface area is 214 Å². The third-order valence-electron chi connectivity index (χ3n) is 6.00. The van der Waals surface area contributed by atoms with Crippen molar-refractivity contribution in [3.63, 3.8) is 0 Å². The molecule has 0 spiro atoms. The zero-order valence-electron chi connectivity index (χ0n) is 19.5. The predicted octanol–water partition coefficient (Wildman–Crippen LogP) is 3.63. The Hall–Kier alpha value is -4.26. The topological polar surface area (TPSA) is 127 Å². The lowest BCUT2D eigenvalue weighted by molar-refractivity contribution is -0.0887. The van der Waals surface area contributed by atoms with E-state index in [1.54, 1.807) is 18.2 Å². The van der Waals surface area contributed by atoms with E-state index in [0.29, 0.717) is 17.1 Å². The summed E-state index contributed by atoms with van der Waals surface area (Å²) in [6.45, 7) is 0.197. The highest BCUT2D eigenvalue weighted by atomic mass is 32.2. The van der Waals surface area contributed by atoms with Crippen molar-refractivity contribution in [2.45, 2.75) is 30.5 Å². The Bertz CT molecular complexity index is 1680. The lowest BCUT2D eigenvalue weighted by Gasteiger charge is -2.17. The molecule has 3 aromatic rings. The van der Waals surface area contributed by atoms with Crippen LogP contribution in [0.25, 0.3) is 10.9 Å². The van der Waals surface area contributed by atoms with Crippen molar-refractivity contribution >= 4 is 26.8 Å². The van der Waals surface area contributed by atoms with Gasteiger partial charge in [-0.15, -0.1) is 0 Å². The van der Waals surface area contributed by atoms with Gasteiger partial charge in [-0.1, -0.05) is 12.1 Å². The summed E-state index contributed by atoms with van der Waals surface area (Å²) in [5, 5.41) is 2.56. The van der Waals surface area contributed by atoms with Gasteiger partial charge < -0.3 is 19.8 Å². The van der Waals surface area contributed by atoms with Crippen LogP contribution in [0.3, 0.4) is 0 Å². The predicted molar refractivity (Wildman–Crippen MR) is 130 cm³/mol. The van der Waals surface area contributed by atoms with Gasteiger partial charge in [-0.3, -0.25) is 14.3 Å². The number of hydrogen-bond donors (Lipinski definition) is 3. The number of H-pyrrole nitrogens is 1. The van der Waals surface area contributed by atoms with Gasteiger partial charge in [0.05, 0.1) is 10.5 Å². The van der Waals surface area contributed by atoms with Crippen molar-refractivity contribution in [3.05, 3.63) is 87.4 Å². The average molecular weight is 548 g/mol. The molecule has 2 heterocycles. The van der Waals surface area contributed by atoms with Gasteiger partial charge in [0.2, 0.25) is 12.2 Å². The number of fused-ring (bicyclic) bond motifs is 2. The van der Waals surface area contributed by atoms with E-state index in [4.69, 9.17) is 9.47 Å². The van der Waals surface area contributed by atoms with E-state index in [-0.39, 0.29) is 53.2 Å². The molecule has 2 aromatic carbocycles. The second kappa shape index (κ2) is 9.56. The molecule has 1 aliphatic carbocycles. The molecule has 0 saturated heterocycles. The number of ether oxygens (including phenoxy) is 2. The monoisotopic (exact) mass is 547 g/mol. The van der Waals surface area contributed by atoms with Gasteiger partial charge in [-0.25, -0.2) is 8.42 Å². The summed E-state index contributed by atoms with van der Waals surface area (Å²) < 4.78 is 77.6. The molecule has 1 aliphatic heterocycles. The molecule has 0 saturated carbocycles. The number of sulfonamides is 1. The zero-order chi connectivity index (χ0) is 27.1. The maximum Gasteiger partial charge on any atom is 0.416 e. The van der Waals surface area contributed by atoms with E-state index in [0.717, 1.165) is 18.2 Å². The molecule has 13 heteroatoms. The van der Waals surface area contributed by atoms with E-state index in [2.05, 4.69) is 15.0 Å². The summed E-state index contributed by atoms with van der Waals surface area (Å²) in [7, 11) is -4.31. The quantitative estimate of drug-likeness (QED) is 0.433. The average Bonchev–Trinajstić information content (AvgIpc) is 3.35. The maximum absolute atomic E-state index is 13.1. The number of amides is 1. The summed E-state index contributed by atoms with van der Waals surface area (Å²) in [5.41, 5.74) is -1.02. The molecule has 0 radical (unpaired) electrons. The number of pyridine rings is 1. The number of nitrogens with one attached hydrogen (secondary N) is 3. The molecular formula is C25H20F3N3O6S. The number of aromatic nitrogens is 1. The summed E-state index contributed by atoms with van der Waals surface area (Å²) in [5.74, 6) is 0.441. The zero-order valence-corrected chi connectivity index (χ0v) is 20.3. The molecule has 0 bridgehead atoms. The first-order valence-corrected chi connectivity index (χ1v) is 12.8. The Kier molecular flexibility index (Phi) is 6.39. The molecular weight excluding hydrogens is 527 g/mol. The standard InChI is InChI=1S/C25H20F3N3O6S/c26-25(27,28)15-2-1-3-16(9-15)31-38(34,35)17-5-6-20-18(10-17)23(32)19(12-29-20)24(33)30-11-14-4-7-21-22(8-14)37-13-36-21/h2,4-10,12,31H,1,3,11,13H2,(H,29,32)(H,30,33). The highest BCUT2D eigenvalue weighted by Gasteiger charge is 2.33. The fourth-order valence-corrected chi connectivity index (χ4v) is 5.22. The van der Waals surface area contributed by atoms with Crippen molar-refractivity contribution in [1.82, 2.24) is 15.0 Å². The first-order valence-electron chi connectivity index (χ1n) is 11.3. The number of carbonyl (C=O) groups excluding carboxylic acids is 1. The van der Waals surface area contributed by atoms with E-state index < -0.39 is 33.1 Å². The van der Waals surface area contributed by atoms with Crippen LogP contribution >= 0.6 is 0 Å². The first-order chi connectivity index (χ1) is 18.0. The number of hydrogen-bond acceptors (Lipinski definition) is 6. The summed E-state index contributed by atoms with van der Waals surface area (Å²) in [6, 6.07) is 8.77. The minimum Gasteiger partial charge on any atom is -0.454 e. The van der Waals surface area contributed by atoms with Crippen LogP contribution in [0.15, 0.2) is 75.7 Å². The van der Waals surface area contributed by atoms with E-state index >= 15 is 0 Å². The molecule has 9 nitrogen and oxygen atoms in total. The number of aromatic amines is 1. The van der Waals surface area contributed by atoms with Crippen LogP contribution in [0.1, 0.15) is 28.8 Å². The summed E-state index contributed by atoms with van der Waals surface area (Å²) in [4.78, 5) is 28.3. The van der Waals surface area contributed by atoms with Crippen LogP contribution in [0.4, 0.5) is 13.2 Å². The van der Waals surface area contributed by atoms with Crippen molar-refractivity contribution in [1.29, 1.82) is 0 Å². The van der Waals surface area contributed by atoms with Crippen LogP contribution in [0, 0.1) is 0 Å². The maximum atomic E-state index is 13.1. The molecule has 0 unspecified atom stereocenters. The summed E-state index contributed by atoms with van der Waals surface area (Å²) >= 11 is 0. The van der Waals surface area contributed by atoms with Gasteiger partial charge in [0.1, 0.15) is 5.56 Å². The number of allylic oxidation sites excluding steroid dienone is 4. The molecule has 38 heavy (non-hydrogen) atoms. The van der Waals surface area contributed by atoms with Gasteiger partial charge >= 0.3 is 6.18 Å². The second-order valence-electron chi connectivity index (χ2n) is 8.58. The fourth-order valence-electron chi connectivity index (χ4n) is 4.07. The van der Waals surface area contributed by atoms with Crippen LogP contribution in [-0.4, -0.2) is 32.3 Å². The largest absolute Gasteiger partial charge is 0.454 e. The molecule has 1 amide bonds. The van der Waals surface area contributed by atoms with Gasteiger partial charge in [0, 0.05) is 29.3 Å². The van der Waals surface area contributed by atoms with Gasteiger partial charge in [-0.2, -0.15) is 13.2 Å². The molecule has 5 rings (SSSR count). The highest BCUT2D eigenvalue weighted by Crippen LogP contribution is 2.33. The van der Waals surface area contributed by atoms with Crippen molar-refractivity contribution in [2.24, 2.45) is 0 Å². The number of carbonyl (C=O) groups is 1. The first kappa shape index (κ1) is 25.4. The number of alkyl halides is 3. The lowest BCUT2D eigenvalue weighted by atomic mass is 10.0. The number of benzene rings is 2. The molecule has 1 aromatic heterocycles. The van der Waals surface area contributed by atoms with Crippen LogP contribution in [0.5, 0.6) is 11.5 Å². The molecule has 2 aliphatic rings. The third-order valence-corrected chi connectivity index (χ3v) is 7.40. The SMILES string of the molecule is O=C(NCc1ccc2c(c1)OCO2)c1c[nH]c2ccc(S(=O)(=O)NC3=CC(C(F)(F)F)=CCC3)cc2c1=O. The lowest BCUT2D eigenvalue weighted by Crippen LogP contribution is -2.29. The van der Waals surface area contributed by atoms with Crippen LogP contribution in [-0.2, 0) is 16.6 Å². The van der Waals surface area contributed by atoms with Gasteiger partial charge in [0.15, 0.2) is 11.5 Å². The Morgan fingerprint density at radius 2 is 1.87 bits per heavy atom. The van der Waals surface area contributed by atoms with E-state index in [1.165, 1.54) is 18.3 Å². The molecule has 0 fully saturated rings. The minimum absolute atomic E-state index is 0.0192.